The molecule has 1 aromatic heterocycles. The number of carboxylic acid groups (broad SMARTS) is 1. The van der Waals surface area contributed by atoms with Gasteiger partial charge in [0.25, 0.3) is 5.91 Å². The number of benzene rings is 1. The summed E-state index contributed by atoms with van der Waals surface area (Å²) in [5, 5.41) is 27.7. The van der Waals surface area contributed by atoms with Gasteiger partial charge in [0.15, 0.2) is 0 Å². The molecule has 5 N–H and O–H groups in total. The van der Waals surface area contributed by atoms with E-state index in [1.54, 1.807) is 0 Å². The summed E-state index contributed by atoms with van der Waals surface area (Å²) in [6.45, 7) is 2.89. The second-order valence-corrected chi connectivity index (χ2v) is 10.9. The van der Waals surface area contributed by atoms with Crippen LogP contribution in [0.15, 0.2) is 36.7 Å². The van der Waals surface area contributed by atoms with Gasteiger partial charge >= 0.3 is 5.97 Å². The number of carbonyl (C=O) groups excluding carboxylic acids is 2. The van der Waals surface area contributed by atoms with E-state index in [1.807, 2.05) is 12.1 Å². The highest BCUT2D eigenvalue weighted by Crippen LogP contribution is 2.18. The molecule has 1 atom stereocenters. The van der Waals surface area contributed by atoms with Crippen LogP contribution in [0.3, 0.4) is 0 Å². The molecule has 11 heteroatoms. The van der Waals surface area contributed by atoms with E-state index in [-0.39, 0.29) is 31.1 Å². The fraction of sp³-hybridized carbons (Fsp3) is 0.581. The first-order valence-corrected chi connectivity index (χ1v) is 15.2. The summed E-state index contributed by atoms with van der Waals surface area (Å²) in [6.07, 6.45) is 11.2. The maximum Gasteiger partial charge on any atom is 0.303 e. The van der Waals surface area contributed by atoms with Gasteiger partial charge in [-0.1, -0.05) is 69.2 Å². The molecule has 2 aromatic rings. The van der Waals surface area contributed by atoms with Gasteiger partial charge in [-0.05, 0) is 30.4 Å². The highest BCUT2D eigenvalue weighted by molar-refractivity contribution is 5.93. The Morgan fingerprint density at radius 2 is 1.60 bits per heavy atom. The molecule has 2 amide bonds. The zero-order chi connectivity index (χ0) is 30.0. The van der Waals surface area contributed by atoms with Crippen molar-refractivity contribution in [1.82, 2.24) is 25.5 Å². The van der Waals surface area contributed by atoms with Gasteiger partial charge in [-0.2, -0.15) is 0 Å². The minimum Gasteiger partial charge on any atom is -0.481 e. The number of unbranched alkanes of at least 4 members (excludes halogenated alkanes) is 8. The van der Waals surface area contributed by atoms with Crippen LogP contribution in [0.1, 0.15) is 85.8 Å². The maximum atomic E-state index is 12.6. The van der Waals surface area contributed by atoms with Gasteiger partial charge in [0.2, 0.25) is 5.91 Å². The first-order valence-electron chi connectivity index (χ1n) is 15.2. The molecule has 1 aliphatic rings. The number of hydrogen-bond acceptors (Lipinski definition) is 8. The van der Waals surface area contributed by atoms with Gasteiger partial charge in [-0.3, -0.25) is 19.3 Å². The molecule has 0 aliphatic carbocycles. The number of aromatic nitrogens is 2. The lowest BCUT2D eigenvalue weighted by atomic mass is 10.00. The number of anilines is 1. The van der Waals surface area contributed by atoms with E-state index in [0.29, 0.717) is 18.9 Å². The van der Waals surface area contributed by atoms with Gasteiger partial charge in [0.05, 0.1) is 12.6 Å². The maximum absolute atomic E-state index is 12.6. The van der Waals surface area contributed by atoms with Crippen molar-refractivity contribution in [2.45, 2.75) is 83.3 Å². The third-order valence-electron chi connectivity index (χ3n) is 7.40. The average molecular weight is 583 g/mol. The number of amides is 2. The van der Waals surface area contributed by atoms with E-state index >= 15 is 0 Å². The molecule has 2 heterocycles. The Balaban J connectivity index is 1.23. The van der Waals surface area contributed by atoms with E-state index in [2.05, 4.69) is 43.0 Å². The van der Waals surface area contributed by atoms with Crippen LogP contribution in [0.2, 0.25) is 0 Å². The molecule has 0 radical (unpaired) electrons. The number of nitrogens with zero attached hydrogens (tertiary/aromatic N) is 3. The normalized spacial score (nSPS) is 13.6. The van der Waals surface area contributed by atoms with Crippen LogP contribution < -0.4 is 16.0 Å². The molecule has 0 spiro atoms. The van der Waals surface area contributed by atoms with Crippen molar-refractivity contribution in [3.05, 3.63) is 53.5 Å². The summed E-state index contributed by atoms with van der Waals surface area (Å²) >= 11 is 0. The predicted octanol–water partition coefficient (Wildman–Crippen LogP) is 3.14. The van der Waals surface area contributed by atoms with Crippen LogP contribution in [-0.4, -0.2) is 81.7 Å². The standard InChI is InChI=1S/C31H46N6O5/c38-26(22-37-17-15-24-12-9-10-13-25(24)21-37)19-34-31(42)27-18-28(36-23-35-27)33-20-29(39)32-16-11-7-5-3-1-2-4-6-8-14-30(40)41/h9-10,12-13,18,23,26,38H,1-8,11,14-17,19-22H2,(H,32,39)(H,34,42)(H,40,41)(H,33,35,36)/t26-/m0/s1. The Morgan fingerprint density at radius 3 is 2.33 bits per heavy atom. The van der Waals surface area contributed by atoms with Crippen molar-refractivity contribution in [3.8, 4) is 0 Å². The molecule has 230 valence electrons. The van der Waals surface area contributed by atoms with Crippen LogP contribution >= 0.6 is 0 Å². The molecule has 42 heavy (non-hydrogen) atoms. The molecule has 1 aromatic carbocycles. The SMILES string of the molecule is O=C(O)CCCCCCCCCCCNC(=O)CNc1cc(C(=O)NC[C@H](O)CN2CCc3ccccc3C2)ncn1. The topological polar surface area (TPSA) is 157 Å². The van der Waals surface area contributed by atoms with Gasteiger partial charge in [-0.15, -0.1) is 0 Å². The van der Waals surface area contributed by atoms with Crippen LogP contribution in [0.4, 0.5) is 5.82 Å². The van der Waals surface area contributed by atoms with E-state index < -0.39 is 18.0 Å². The molecular formula is C31H46N6O5. The zero-order valence-corrected chi connectivity index (χ0v) is 24.5. The Morgan fingerprint density at radius 1 is 0.905 bits per heavy atom. The Hall–Kier alpha value is -3.57. The molecule has 0 bridgehead atoms. The Bertz CT molecular complexity index is 1130. The molecule has 11 nitrogen and oxygen atoms in total. The van der Waals surface area contributed by atoms with Crippen molar-refractivity contribution in [1.29, 1.82) is 0 Å². The summed E-state index contributed by atoms with van der Waals surface area (Å²) < 4.78 is 0. The average Bonchev–Trinajstić information content (AvgIpc) is 2.99. The van der Waals surface area contributed by atoms with Crippen LogP contribution in [-0.2, 0) is 22.6 Å². The first-order chi connectivity index (χ1) is 20.4. The lowest BCUT2D eigenvalue weighted by Crippen LogP contribution is -2.42. The smallest absolute Gasteiger partial charge is 0.303 e. The highest BCUT2D eigenvalue weighted by atomic mass is 16.4. The van der Waals surface area contributed by atoms with Crippen molar-refractivity contribution < 1.29 is 24.6 Å². The fourth-order valence-corrected chi connectivity index (χ4v) is 5.05. The minimum absolute atomic E-state index is 0.0393. The van der Waals surface area contributed by atoms with E-state index in [0.717, 1.165) is 77.3 Å². The van der Waals surface area contributed by atoms with Crippen molar-refractivity contribution in [3.63, 3.8) is 0 Å². The number of carboxylic acids is 1. The van der Waals surface area contributed by atoms with Crippen molar-refractivity contribution in [2.75, 3.05) is 38.0 Å². The minimum atomic E-state index is -0.718. The number of fused-ring (bicyclic) bond motifs is 1. The fourth-order valence-electron chi connectivity index (χ4n) is 5.05. The summed E-state index contributed by atoms with van der Waals surface area (Å²) in [6, 6.07) is 9.82. The number of rotatable bonds is 20. The van der Waals surface area contributed by atoms with Crippen LogP contribution in [0.25, 0.3) is 0 Å². The number of carbonyl (C=O) groups is 3. The van der Waals surface area contributed by atoms with Gasteiger partial charge in [0, 0.05) is 45.2 Å². The monoisotopic (exact) mass is 582 g/mol. The van der Waals surface area contributed by atoms with Crippen molar-refractivity contribution >= 4 is 23.6 Å². The number of aliphatic carboxylic acids is 1. The van der Waals surface area contributed by atoms with Crippen LogP contribution in [0.5, 0.6) is 0 Å². The van der Waals surface area contributed by atoms with Gasteiger partial charge in [0.1, 0.15) is 17.8 Å². The molecule has 0 fully saturated rings. The lowest BCUT2D eigenvalue weighted by molar-refractivity contribution is -0.137. The lowest BCUT2D eigenvalue weighted by Gasteiger charge is -2.30. The van der Waals surface area contributed by atoms with E-state index in [9.17, 15) is 19.5 Å². The third-order valence-corrected chi connectivity index (χ3v) is 7.40. The number of β-amino-alcohol motifs (C(OH)–C–C–N with tert-alkyl or cyclic N) is 1. The number of aliphatic hydroxyl groups is 1. The number of nitrogens with one attached hydrogen (secondary N) is 3. The molecule has 0 saturated carbocycles. The van der Waals surface area contributed by atoms with Crippen LogP contribution in [0, 0.1) is 0 Å². The molecule has 0 saturated heterocycles. The van der Waals surface area contributed by atoms with E-state index in [1.165, 1.54) is 23.5 Å². The summed E-state index contributed by atoms with van der Waals surface area (Å²) in [7, 11) is 0. The predicted molar refractivity (Wildman–Crippen MR) is 161 cm³/mol. The number of hydrogen-bond donors (Lipinski definition) is 5. The van der Waals surface area contributed by atoms with Gasteiger partial charge in [-0.25, -0.2) is 9.97 Å². The summed E-state index contributed by atoms with van der Waals surface area (Å²) in [5.74, 6) is -0.902. The molecule has 1 aliphatic heterocycles. The van der Waals surface area contributed by atoms with E-state index in [4.69, 9.17) is 5.11 Å². The second-order valence-electron chi connectivity index (χ2n) is 10.9. The quantitative estimate of drug-likeness (QED) is 0.148. The Kier molecular flexibility index (Phi) is 14.7. The summed E-state index contributed by atoms with van der Waals surface area (Å²) in [4.78, 5) is 45.6. The molecular weight excluding hydrogens is 536 g/mol. The second kappa shape index (κ2) is 18.8. The van der Waals surface area contributed by atoms with Crippen molar-refractivity contribution in [2.24, 2.45) is 0 Å². The highest BCUT2D eigenvalue weighted by Gasteiger charge is 2.19. The zero-order valence-electron chi connectivity index (χ0n) is 24.5. The number of aliphatic hydroxyl groups excluding tert-OH is 1. The Labute approximate surface area is 248 Å². The van der Waals surface area contributed by atoms with Gasteiger partial charge < -0.3 is 26.2 Å². The largest absolute Gasteiger partial charge is 0.481 e. The molecule has 3 rings (SSSR count). The molecule has 0 unspecified atom stereocenters. The summed E-state index contributed by atoms with van der Waals surface area (Å²) in [5.41, 5.74) is 2.79. The third kappa shape index (κ3) is 12.9. The first kappa shape index (κ1) is 32.9.